The van der Waals surface area contributed by atoms with E-state index < -0.39 is 0 Å². The van der Waals surface area contributed by atoms with Gasteiger partial charge in [0.05, 0.1) is 18.8 Å². The minimum atomic E-state index is -0.0305. The van der Waals surface area contributed by atoms with Crippen LogP contribution in [0, 0.1) is 0 Å². The second-order valence-corrected chi connectivity index (χ2v) is 6.34. The van der Waals surface area contributed by atoms with Crippen molar-refractivity contribution in [1.29, 1.82) is 0 Å². The number of nitrogen functional groups attached to an aromatic ring is 1. The lowest BCUT2D eigenvalue weighted by Crippen LogP contribution is -2.45. The van der Waals surface area contributed by atoms with Gasteiger partial charge < -0.3 is 15.4 Å². The van der Waals surface area contributed by atoms with Crippen LogP contribution in [0.2, 0.25) is 0 Å². The minimum Gasteiger partial charge on any atom is -0.383 e. The molecule has 1 aromatic rings. The first-order valence-electron chi connectivity index (χ1n) is 7.17. The Hall–Kier alpha value is -1.18. The number of carbonyl (C=O) groups excluding carboxylic acids is 1. The number of carbonyl (C=O) groups is 1. The summed E-state index contributed by atoms with van der Waals surface area (Å²) < 4.78 is 6.15. The summed E-state index contributed by atoms with van der Waals surface area (Å²) >= 11 is 3.34. The van der Waals surface area contributed by atoms with E-state index in [0.717, 1.165) is 50.3 Å². The Morgan fingerprint density at radius 1 is 1.38 bits per heavy atom. The van der Waals surface area contributed by atoms with Crippen LogP contribution in [0.1, 0.15) is 16.8 Å². The molecule has 114 valence electrons. The van der Waals surface area contributed by atoms with Crippen LogP contribution in [0.15, 0.2) is 16.7 Å². The standard InChI is InChI=1S/C14H19BrN4O2/c15-10-7-12(13(16)17-8-10)14(20)19-2-1-11(9-19)18-3-5-21-6-4-18/h7-8,11H,1-6,9H2,(H2,16,17). The van der Waals surface area contributed by atoms with E-state index in [9.17, 15) is 4.79 Å². The number of likely N-dealkylation sites (tertiary alicyclic amines) is 1. The lowest BCUT2D eigenvalue weighted by atomic mass is 10.2. The van der Waals surface area contributed by atoms with Crippen molar-refractivity contribution in [3.8, 4) is 0 Å². The predicted molar refractivity (Wildman–Crippen MR) is 83.0 cm³/mol. The lowest BCUT2D eigenvalue weighted by molar-refractivity contribution is 0.0185. The molecule has 0 saturated carbocycles. The molecule has 1 amide bonds. The van der Waals surface area contributed by atoms with E-state index in [1.165, 1.54) is 0 Å². The number of nitrogens with zero attached hydrogens (tertiary/aromatic N) is 3. The third-order valence-electron chi connectivity index (χ3n) is 4.13. The number of ether oxygens (including phenoxy) is 1. The zero-order valence-electron chi connectivity index (χ0n) is 11.8. The molecule has 2 aliphatic rings. The fourth-order valence-electron chi connectivity index (χ4n) is 2.96. The molecule has 0 spiro atoms. The van der Waals surface area contributed by atoms with E-state index in [0.29, 0.717) is 11.6 Å². The van der Waals surface area contributed by atoms with Gasteiger partial charge in [0, 0.05) is 42.9 Å². The number of aromatic nitrogens is 1. The summed E-state index contributed by atoms with van der Waals surface area (Å²) in [4.78, 5) is 20.9. The maximum Gasteiger partial charge on any atom is 0.257 e. The van der Waals surface area contributed by atoms with E-state index >= 15 is 0 Å². The molecule has 3 heterocycles. The lowest BCUT2D eigenvalue weighted by Gasteiger charge is -2.32. The molecule has 0 aromatic carbocycles. The monoisotopic (exact) mass is 354 g/mol. The first-order chi connectivity index (χ1) is 10.1. The van der Waals surface area contributed by atoms with Crippen molar-refractivity contribution in [1.82, 2.24) is 14.8 Å². The summed E-state index contributed by atoms with van der Waals surface area (Å²) in [7, 11) is 0. The molecular formula is C14H19BrN4O2. The largest absolute Gasteiger partial charge is 0.383 e. The summed E-state index contributed by atoms with van der Waals surface area (Å²) in [6.07, 6.45) is 2.61. The molecule has 6 nitrogen and oxygen atoms in total. The summed E-state index contributed by atoms with van der Waals surface area (Å²) in [5, 5.41) is 0. The van der Waals surface area contributed by atoms with E-state index in [4.69, 9.17) is 10.5 Å². The zero-order valence-corrected chi connectivity index (χ0v) is 13.4. The molecule has 2 aliphatic heterocycles. The number of hydrogen-bond acceptors (Lipinski definition) is 5. The van der Waals surface area contributed by atoms with Crippen LogP contribution in [0.3, 0.4) is 0 Å². The van der Waals surface area contributed by atoms with Crippen molar-refractivity contribution in [2.75, 3.05) is 45.1 Å². The highest BCUT2D eigenvalue weighted by Gasteiger charge is 2.32. The minimum absolute atomic E-state index is 0.0305. The van der Waals surface area contributed by atoms with Crippen LogP contribution in [-0.2, 0) is 4.74 Å². The van der Waals surface area contributed by atoms with Crippen LogP contribution < -0.4 is 5.73 Å². The van der Waals surface area contributed by atoms with E-state index in [-0.39, 0.29) is 11.7 Å². The molecule has 1 unspecified atom stereocenters. The quantitative estimate of drug-likeness (QED) is 0.856. The molecule has 7 heteroatoms. The fraction of sp³-hybridized carbons (Fsp3) is 0.571. The van der Waals surface area contributed by atoms with Gasteiger partial charge in [-0.2, -0.15) is 0 Å². The van der Waals surface area contributed by atoms with Gasteiger partial charge in [0.15, 0.2) is 0 Å². The molecule has 3 rings (SSSR count). The number of halogens is 1. The molecule has 1 aromatic heterocycles. The molecule has 0 radical (unpaired) electrons. The Morgan fingerprint density at radius 3 is 2.90 bits per heavy atom. The number of rotatable bonds is 2. The number of morpholine rings is 1. The first-order valence-corrected chi connectivity index (χ1v) is 7.96. The van der Waals surface area contributed by atoms with Crippen molar-refractivity contribution in [2.45, 2.75) is 12.5 Å². The number of anilines is 1. The van der Waals surface area contributed by atoms with Crippen molar-refractivity contribution >= 4 is 27.7 Å². The summed E-state index contributed by atoms with van der Waals surface area (Å²) in [5.41, 5.74) is 6.31. The Bertz CT molecular complexity index is 534. The van der Waals surface area contributed by atoms with Crippen LogP contribution in [0.4, 0.5) is 5.82 Å². The molecule has 1 atom stereocenters. The Kier molecular flexibility index (Phi) is 4.42. The van der Waals surface area contributed by atoms with E-state index in [1.807, 2.05) is 4.90 Å². The van der Waals surface area contributed by atoms with Gasteiger partial charge in [0.25, 0.3) is 5.91 Å². The molecule has 0 bridgehead atoms. The van der Waals surface area contributed by atoms with Crippen LogP contribution in [-0.4, -0.2) is 66.1 Å². The second-order valence-electron chi connectivity index (χ2n) is 5.43. The molecular weight excluding hydrogens is 336 g/mol. The number of nitrogens with two attached hydrogens (primary N) is 1. The van der Waals surface area contributed by atoms with Gasteiger partial charge in [-0.3, -0.25) is 9.69 Å². The maximum absolute atomic E-state index is 12.6. The number of pyridine rings is 1. The average molecular weight is 355 g/mol. The smallest absolute Gasteiger partial charge is 0.257 e. The van der Waals surface area contributed by atoms with Crippen LogP contribution in [0.5, 0.6) is 0 Å². The van der Waals surface area contributed by atoms with Gasteiger partial charge in [-0.1, -0.05) is 0 Å². The molecule has 2 N–H and O–H groups in total. The topological polar surface area (TPSA) is 71.7 Å². The normalized spacial score (nSPS) is 23.5. The highest BCUT2D eigenvalue weighted by atomic mass is 79.9. The molecule has 2 fully saturated rings. The molecule has 2 saturated heterocycles. The van der Waals surface area contributed by atoms with Crippen LogP contribution >= 0.6 is 15.9 Å². The van der Waals surface area contributed by atoms with Crippen molar-refractivity contribution in [3.63, 3.8) is 0 Å². The van der Waals surface area contributed by atoms with Gasteiger partial charge >= 0.3 is 0 Å². The zero-order chi connectivity index (χ0) is 14.8. The second kappa shape index (κ2) is 6.29. The number of hydrogen-bond donors (Lipinski definition) is 1. The highest BCUT2D eigenvalue weighted by Crippen LogP contribution is 2.22. The third kappa shape index (κ3) is 3.20. The van der Waals surface area contributed by atoms with Gasteiger partial charge in [-0.25, -0.2) is 4.98 Å². The van der Waals surface area contributed by atoms with Crippen molar-refractivity contribution in [2.24, 2.45) is 0 Å². The van der Waals surface area contributed by atoms with Gasteiger partial charge in [0.2, 0.25) is 0 Å². The average Bonchev–Trinajstić information content (AvgIpc) is 3.00. The maximum atomic E-state index is 12.6. The van der Waals surface area contributed by atoms with Crippen molar-refractivity contribution in [3.05, 3.63) is 22.3 Å². The Morgan fingerprint density at radius 2 is 2.14 bits per heavy atom. The van der Waals surface area contributed by atoms with Gasteiger partial charge in [0.1, 0.15) is 5.82 Å². The fourth-order valence-corrected chi connectivity index (χ4v) is 3.29. The molecule has 21 heavy (non-hydrogen) atoms. The van der Waals surface area contributed by atoms with Crippen molar-refractivity contribution < 1.29 is 9.53 Å². The summed E-state index contributed by atoms with van der Waals surface area (Å²) in [6.45, 7) is 5.00. The predicted octanol–water partition coefficient (Wildman–Crippen LogP) is 0.973. The highest BCUT2D eigenvalue weighted by molar-refractivity contribution is 9.10. The molecule has 0 aliphatic carbocycles. The third-order valence-corrected chi connectivity index (χ3v) is 4.56. The van der Waals surface area contributed by atoms with Gasteiger partial charge in [-0.05, 0) is 28.4 Å². The van der Waals surface area contributed by atoms with E-state index in [2.05, 4.69) is 25.8 Å². The van der Waals surface area contributed by atoms with E-state index in [1.54, 1.807) is 12.3 Å². The van der Waals surface area contributed by atoms with Gasteiger partial charge in [-0.15, -0.1) is 0 Å². The number of amides is 1. The first kappa shape index (κ1) is 14.7. The Labute approximate surface area is 132 Å². The SMILES string of the molecule is Nc1ncc(Br)cc1C(=O)N1CCC(N2CCOCC2)C1. The Balaban J connectivity index is 1.67. The summed E-state index contributed by atoms with van der Waals surface area (Å²) in [6, 6.07) is 2.17. The van der Waals surface area contributed by atoms with Crippen LogP contribution in [0.25, 0.3) is 0 Å². The summed E-state index contributed by atoms with van der Waals surface area (Å²) in [5.74, 6) is 0.259.